The first-order valence-electron chi connectivity index (χ1n) is 8.34. The molecule has 0 fully saturated rings. The number of aliphatic imine (C=N–C) groups is 1. The molecule has 0 radical (unpaired) electrons. The van der Waals surface area contributed by atoms with Gasteiger partial charge >= 0.3 is 0 Å². The summed E-state index contributed by atoms with van der Waals surface area (Å²) >= 11 is 0. The maximum absolute atomic E-state index is 13.4. The van der Waals surface area contributed by atoms with Crippen LogP contribution in [0.4, 0.5) is 4.39 Å². The molecule has 1 aromatic heterocycles. The normalized spacial score (nSPS) is 12.0. The highest BCUT2D eigenvalue weighted by molar-refractivity contribution is 14.0. The zero-order valence-corrected chi connectivity index (χ0v) is 18.6. The second-order valence-corrected chi connectivity index (χ2v) is 8.18. The number of hydrogen-bond acceptors (Lipinski definition) is 4. The Morgan fingerprint density at radius 1 is 1.26 bits per heavy atom. The van der Waals surface area contributed by atoms with Gasteiger partial charge in [-0.05, 0) is 30.2 Å². The Hall–Kier alpha value is -1.40. The Bertz CT molecular complexity index is 855. The fourth-order valence-corrected chi connectivity index (χ4v) is 2.87. The van der Waals surface area contributed by atoms with E-state index in [0.717, 1.165) is 22.9 Å². The molecule has 3 N–H and O–H groups in total. The number of fused-ring (bicyclic) bond motifs is 1. The number of guanidine groups is 1. The van der Waals surface area contributed by atoms with E-state index in [9.17, 15) is 12.8 Å². The summed E-state index contributed by atoms with van der Waals surface area (Å²) in [6, 6.07) is 4.69. The maximum atomic E-state index is 13.4. The Morgan fingerprint density at radius 3 is 2.70 bits per heavy atom. The molecule has 0 aliphatic carbocycles. The second-order valence-electron chi connectivity index (χ2n) is 5.92. The predicted octanol–water partition coefficient (Wildman–Crippen LogP) is 1.69. The summed E-state index contributed by atoms with van der Waals surface area (Å²) in [7, 11) is -1.32. The van der Waals surface area contributed by atoms with E-state index in [-0.39, 0.29) is 42.2 Å². The minimum Gasteiger partial charge on any atom is -0.379 e. The van der Waals surface area contributed by atoms with Crippen molar-refractivity contribution in [2.45, 2.75) is 6.42 Å². The van der Waals surface area contributed by atoms with Crippen LogP contribution in [0.5, 0.6) is 0 Å². The molecule has 2 rings (SSSR count). The van der Waals surface area contributed by atoms with Crippen molar-refractivity contribution < 1.29 is 17.5 Å². The third-order valence-corrected chi connectivity index (χ3v) is 4.69. The fraction of sp³-hybridized carbons (Fsp3) is 0.471. The summed E-state index contributed by atoms with van der Waals surface area (Å²) in [4.78, 5) is 7.25. The van der Waals surface area contributed by atoms with Crippen LogP contribution in [0, 0.1) is 5.82 Å². The van der Waals surface area contributed by atoms with Crippen LogP contribution in [0.1, 0.15) is 5.56 Å². The number of benzene rings is 1. The van der Waals surface area contributed by atoms with Crippen molar-refractivity contribution in [1.82, 2.24) is 15.6 Å². The molecule has 2 aromatic rings. The second kappa shape index (κ2) is 11.4. The number of sulfone groups is 1. The summed E-state index contributed by atoms with van der Waals surface area (Å²) in [5.74, 6) is 0.396. The molecule has 0 amide bonds. The van der Waals surface area contributed by atoms with Gasteiger partial charge in [-0.25, -0.2) is 12.8 Å². The lowest BCUT2D eigenvalue weighted by molar-refractivity contribution is 0.154. The standard InChI is InChI=1S/C17H25FN4O3S.HI/c1-19-17(21-7-8-25-9-10-26(2,23)24)20-6-5-13-12-22-16-4-3-14(18)11-15(13)16;/h3-4,11-12,22H,5-10H2,1-2H3,(H2,19,20,21);1H. The number of ether oxygens (including phenoxy) is 1. The van der Waals surface area contributed by atoms with Crippen LogP contribution in [0.15, 0.2) is 29.4 Å². The van der Waals surface area contributed by atoms with Crippen LogP contribution in [-0.4, -0.2) is 64.7 Å². The largest absolute Gasteiger partial charge is 0.379 e. The predicted molar refractivity (Wildman–Crippen MR) is 117 cm³/mol. The lowest BCUT2D eigenvalue weighted by atomic mass is 10.1. The number of aromatic amines is 1. The van der Waals surface area contributed by atoms with Gasteiger partial charge in [-0.15, -0.1) is 24.0 Å². The number of H-pyrrole nitrogens is 1. The third kappa shape index (κ3) is 8.43. The van der Waals surface area contributed by atoms with Crippen LogP contribution in [0.2, 0.25) is 0 Å². The van der Waals surface area contributed by atoms with E-state index in [1.54, 1.807) is 13.1 Å². The van der Waals surface area contributed by atoms with Crippen molar-refractivity contribution in [1.29, 1.82) is 0 Å². The van der Waals surface area contributed by atoms with E-state index in [0.29, 0.717) is 25.7 Å². The van der Waals surface area contributed by atoms with E-state index in [1.807, 2.05) is 6.20 Å². The van der Waals surface area contributed by atoms with Crippen molar-refractivity contribution in [2.75, 3.05) is 45.4 Å². The van der Waals surface area contributed by atoms with Crippen LogP contribution < -0.4 is 10.6 Å². The summed E-state index contributed by atoms with van der Waals surface area (Å²) < 4.78 is 40.6. The molecule has 0 saturated heterocycles. The van der Waals surface area contributed by atoms with Gasteiger partial charge in [-0.3, -0.25) is 4.99 Å². The van der Waals surface area contributed by atoms with Gasteiger partial charge in [-0.1, -0.05) is 0 Å². The summed E-state index contributed by atoms with van der Waals surface area (Å²) in [6.07, 6.45) is 3.79. The first-order valence-corrected chi connectivity index (χ1v) is 10.4. The molecule has 152 valence electrons. The molecule has 10 heteroatoms. The zero-order valence-electron chi connectivity index (χ0n) is 15.4. The molecule has 0 aliphatic heterocycles. The quantitative estimate of drug-likeness (QED) is 0.206. The summed E-state index contributed by atoms with van der Waals surface area (Å²) in [5, 5.41) is 7.16. The van der Waals surface area contributed by atoms with E-state index >= 15 is 0 Å². The molecule has 27 heavy (non-hydrogen) atoms. The molecule has 0 atom stereocenters. The lowest BCUT2D eigenvalue weighted by Crippen LogP contribution is -2.39. The summed E-state index contributed by atoms with van der Waals surface area (Å²) in [5.41, 5.74) is 1.95. The number of nitrogens with one attached hydrogen (secondary N) is 3. The topological polar surface area (TPSA) is 95.6 Å². The Labute approximate surface area is 176 Å². The molecule has 0 saturated carbocycles. The van der Waals surface area contributed by atoms with E-state index in [2.05, 4.69) is 20.6 Å². The fourth-order valence-electron chi connectivity index (χ4n) is 2.45. The molecule has 1 aromatic carbocycles. The van der Waals surface area contributed by atoms with Crippen LogP contribution in [0.3, 0.4) is 0 Å². The number of halogens is 2. The highest BCUT2D eigenvalue weighted by Gasteiger charge is 2.05. The third-order valence-electron chi connectivity index (χ3n) is 3.78. The molecular weight excluding hydrogens is 486 g/mol. The molecular formula is C17H26FIN4O3S. The number of nitrogens with zero attached hydrogens (tertiary/aromatic N) is 1. The Balaban J connectivity index is 0.00000364. The summed E-state index contributed by atoms with van der Waals surface area (Å²) in [6.45, 7) is 1.72. The highest BCUT2D eigenvalue weighted by atomic mass is 127. The molecule has 0 aliphatic rings. The molecule has 0 bridgehead atoms. The number of rotatable bonds is 9. The van der Waals surface area contributed by atoms with E-state index < -0.39 is 9.84 Å². The molecule has 7 nitrogen and oxygen atoms in total. The lowest BCUT2D eigenvalue weighted by Gasteiger charge is -2.12. The average Bonchev–Trinajstić information content (AvgIpc) is 2.97. The van der Waals surface area contributed by atoms with Gasteiger partial charge in [0.05, 0.1) is 19.0 Å². The van der Waals surface area contributed by atoms with Crippen LogP contribution >= 0.6 is 24.0 Å². The SMILES string of the molecule is CN=C(NCCOCCS(C)(=O)=O)NCCc1c[nH]c2ccc(F)cc12.I. The average molecular weight is 512 g/mol. The van der Waals surface area contributed by atoms with Gasteiger partial charge in [0.25, 0.3) is 0 Å². The molecule has 1 heterocycles. The van der Waals surface area contributed by atoms with Gasteiger partial charge in [0.15, 0.2) is 5.96 Å². The van der Waals surface area contributed by atoms with Crippen molar-refractivity contribution in [2.24, 2.45) is 4.99 Å². The van der Waals surface area contributed by atoms with Crippen molar-refractivity contribution in [3.05, 3.63) is 35.8 Å². The van der Waals surface area contributed by atoms with Gasteiger partial charge in [0.1, 0.15) is 15.7 Å². The zero-order chi connectivity index (χ0) is 19.0. The Morgan fingerprint density at radius 2 is 2.00 bits per heavy atom. The highest BCUT2D eigenvalue weighted by Crippen LogP contribution is 2.19. The first kappa shape index (κ1) is 23.6. The van der Waals surface area contributed by atoms with Gasteiger partial charge in [0.2, 0.25) is 0 Å². The Kier molecular flexibility index (Phi) is 10.0. The van der Waals surface area contributed by atoms with Gasteiger partial charge in [0, 0.05) is 43.5 Å². The monoisotopic (exact) mass is 512 g/mol. The maximum Gasteiger partial charge on any atom is 0.191 e. The van der Waals surface area contributed by atoms with Gasteiger partial charge < -0.3 is 20.4 Å². The van der Waals surface area contributed by atoms with Gasteiger partial charge in [-0.2, -0.15) is 0 Å². The van der Waals surface area contributed by atoms with E-state index in [1.165, 1.54) is 18.4 Å². The van der Waals surface area contributed by atoms with Crippen molar-refractivity contribution in [3.63, 3.8) is 0 Å². The van der Waals surface area contributed by atoms with Crippen LogP contribution in [-0.2, 0) is 21.0 Å². The van der Waals surface area contributed by atoms with Crippen molar-refractivity contribution in [3.8, 4) is 0 Å². The minimum absolute atomic E-state index is 0. The van der Waals surface area contributed by atoms with Crippen molar-refractivity contribution >= 4 is 50.7 Å². The van der Waals surface area contributed by atoms with E-state index in [4.69, 9.17) is 4.74 Å². The first-order chi connectivity index (χ1) is 12.4. The smallest absolute Gasteiger partial charge is 0.191 e. The van der Waals surface area contributed by atoms with Crippen LogP contribution in [0.25, 0.3) is 10.9 Å². The number of aromatic nitrogens is 1. The minimum atomic E-state index is -2.99. The molecule has 0 unspecified atom stereocenters. The molecule has 0 spiro atoms. The number of hydrogen-bond donors (Lipinski definition) is 3.